The SMILES string of the molecule is CN(C)C1CCN(c2ccc(-n3ccc4cc(-c5ccc(F)cc5)sc4c3=O)cn2)C1. The predicted molar refractivity (Wildman–Crippen MR) is 125 cm³/mol. The van der Waals surface area contributed by atoms with E-state index in [9.17, 15) is 9.18 Å². The summed E-state index contributed by atoms with van der Waals surface area (Å²) in [4.78, 5) is 23.3. The molecule has 0 aliphatic carbocycles. The van der Waals surface area contributed by atoms with Gasteiger partial charge in [-0.3, -0.25) is 9.36 Å². The molecular formula is C24H23FN4OS. The van der Waals surface area contributed by atoms with Crippen LogP contribution in [0.15, 0.2) is 65.7 Å². The Hall–Kier alpha value is -3.03. The van der Waals surface area contributed by atoms with Gasteiger partial charge in [0.25, 0.3) is 5.56 Å². The summed E-state index contributed by atoms with van der Waals surface area (Å²) < 4.78 is 15.5. The van der Waals surface area contributed by atoms with Crippen LogP contribution in [0.2, 0.25) is 0 Å². The summed E-state index contributed by atoms with van der Waals surface area (Å²) in [6, 6.07) is 14.8. The molecule has 4 aromatic rings. The second-order valence-electron chi connectivity index (χ2n) is 8.12. The van der Waals surface area contributed by atoms with Gasteiger partial charge in [-0.1, -0.05) is 12.1 Å². The van der Waals surface area contributed by atoms with Gasteiger partial charge in [0.1, 0.15) is 16.3 Å². The third-order valence-electron chi connectivity index (χ3n) is 5.93. The molecule has 1 aliphatic rings. The average Bonchev–Trinajstić information content (AvgIpc) is 3.43. The molecule has 0 amide bonds. The Morgan fingerprint density at radius 1 is 1.13 bits per heavy atom. The molecule has 0 spiro atoms. The molecular weight excluding hydrogens is 411 g/mol. The smallest absolute Gasteiger partial charge is 0.273 e. The van der Waals surface area contributed by atoms with E-state index in [0.717, 1.165) is 46.8 Å². The van der Waals surface area contributed by atoms with Crippen LogP contribution in [0, 0.1) is 5.82 Å². The van der Waals surface area contributed by atoms with Crippen molar-refractivity contribution in [2.45, 2.75) is 12.5 Å². The van der Waals surface area contributed by atoms with Gasteiger partial charge in [0.05, 0.1) is 11.9 Å². The van der Waals surface area contributed by atoms with Crippen LogP contribution < -0.4 is 10.5 Å². The number of hydrogen-bond acceptors (Lipinski definition) is 5. The van der Waals surface area contributed by atoms with Crippen molar-refractivity contribution in [3.05, 3.63) is 77.1 Å². The number of nitrogens with zero attached hydrogens (tertiary/aromatic N) is 4. The molecule has 5 rings (SSSR count). The average molecular weight is 435 g/mol. The molecule has 0 N–H and O–H groups in total. The molecule has 0 bridgehead atoms. The zero-order chi connectivity index (χ0) is 21.5. The van der Waals surface area contributed by atoms with Crippen molar-refractivity contribution >= 4 is 27.2 Å². The normalized spacial score (nSPS) is 16.5. The van der Waals surface area contributed by atoms with E-state index in [1.807, 2.05) is 24.3 Å². The van der Waals surface area contributed by atoms with Crippen molar-refractivity contribution in [2.24, 2.45) is 0 Å². The van der Waals surface area contributed by atoms with Gasteiger partial charge in [-0.25, -0.2) is 9.37 Å². The number of anilines is 1. The Morgan fingerprint density at radius 3 is 2.61 bits per heavy atom. The van der Waals surface area contributed by atoms with Crippen molar-refractivity contribution in [1.82, 2.24) is 14.5 Å². The molecule has 1 aromatic carbocycles. The minimum atomic E-state index is -0.269. The molecule has 1 atom stereocenters. The summed E-state index contributed by atoms with van der Waals surface area (Å²) in [6.07, 6.45) is 4.68. The standard InChI is InChI=1S/C24H23FN4OS/c1-27(2)20-10-11-28(15-20)22-8-7-19(14-26-22)29-12-9-17-13-21(31-23(17)24(29)30)16-3-5-18(25)6-4-16/h3-9,12-14,20H,10-11,15H2,1-2H3. The van der Waals surface area contributed by atoms with E-state index in [-0.39, 0.29) is 11.4 Å². The second-order valence-corrected chi connectivity index (χ2v) is 9.17. The molecule has 4 heterocycles. The first-order valence-electron chi connectivity index (χ1n) is 10.3. The van der Waals surface area contributed by atoms with Gasteiger partial charge < -0.3 is 9.80 Å². The molecule has 3 aromatic heterocycles. The van der Waals surface area contributed by atoms with Gasteiger partial charge in [-0.05, 0) is 62.5 Å². The Balaban J connectivity index is 1.44. The topological polar surface area (TPSA) is 41.4 Å². The van der Waals surface area contributed by atoms with E-state index in [2.05, 4.69) is 28.9 Å². The first kappa shape index (κ1) is 19.9. The van der Waals surface area contributed by atoms with Gasteiger partial charge in [-0.15, -0.1) is 11.3 Å². The minimum absolute atomic E-state index is 0.0701. The molecule has 1 fully saturated rings. The van der Waals surface area contributed by atoms with Crippen molar-refractivity contribution < 1.29 is 4.39 Å². The second kappa shape index (κ2) is 7.90. The molecule has 31 heavy (non-hydrogen) atoms. The van der Waals surface area contributed by atoms with E-state index < -0.39 is 0 Å². The fourth-order valence-electron chi connectivity index (χ4n) is 4.07. The first-order valence-corrected chi connectivity index (χ1v) is 11.1. The van der Waals surface area contributed by atoms with E-state index in [0.29, 0.717) is 10.7 Å². The maximum atomic E-state index is 13.2. The molecule has 5 nitrogen and oxygen atoms in total. The van der Waals surface area contributed by atoms with Gasteiger partial charge in [0.15, 0.2) is 0 Å². The number of rotatable bonds is 4. The fourth-order valence-corrected chi connectivity index (χ4v) is 5.16. The Bertz CT molecular complexity index is 1280. The largest absolute Gasteiger partial charge is 0.355 e. The number of aromatic nitrogens is 2. The van der Waals surface area contributed by atoms with Crippen molar-refractivity contribution in [2.75, 3.05) is 32.1 Å². The quantitative estimate of drug-likeness (QED) is 0.478. The maximum Gasteiger partial charge on any atom is 0.273 e. The van der Waals surface area contributed by atoms with E-state index >= 15 is 0 Å². The van der Waals surface area contributed by atoms with Gasteiger partial charge in [0, 0.05) is 35.6 Å². The molecule has 1 saturated heterocycles. The van der Waals surface area contributed by atoms with Crippen LogP contribution >= 0.6 is 11.3 Å². The summed E-state index contributed by atoms with van der Waals surface area (Å²) in [5, 5.41) is 0.891. The number of hydrogen-bond donors (Lipinski definition) is 0. The van der Waals surface area contributed by atoms with Crippen molar-refractivity contribution in [3.8, 4) is 16.1 Å². The third kappa shape index (κ3) is 3.75. The Kier molecular flexibility index (Phi) is 5.08. The predicted octanol–water partition coefficient (Wildman–Crippen LogP) is 4.39. The van der Waals surface area contributed by atoms with Crippen molar-refractivity contribution in [1.29, 1.82) is 0 Å². The van der Waals surface area contributed by atoms with Crippen LogP contribution in [0.4, 0.5) is 10.2 Å². The summed E-state index contributed by atoms with van der Waals surface area (Å²) >= 11 is 1.43. The lowest BCUT2D eigenvalue weighted by Crippen LogP contribution is -2.31. The number of halogens is 1. The Morgan fingerprint density at radius 2 is 1.94 bits per heavy atom. The monoisotopic (exact) mass is 434 g/mol. The highest BCUT2D eigenvalue weighted by molar-refractivity contribution is 7.22. The Labute approximate surface area is 184 Å². The molecule has 1 unspecified atom stereocenters. The minimum Gasteiger partial charge on any atom is -0.355 e. The lowest BCUT2D eigenvalue weighted by molar-refractivity contribution is 0.315. The summed E-state index contributed by atoms with van der Waals surface area (Å²) in [5.74, 6) is 0.672. The lowest BCUT2D eigenvalue weighted by Gasteiger charge is -2.21. The fraction of sp³-hybridized carbons (Fsp3) is 0.250. The highest BCUT2D eigenvalue weighted by Crippen LogP contribution is 2.32. The van der Waals surface area contributed by atoms with Crippen LogP contribution in [0.25, 0.3) is 26.2 Å². The number of benzene rings is 1. The number of fused-ring (bicyclic) bond motifs is 1. The molecule has 1 aliphatic heterocycles. The van der Waals surface area contributed by atoms with E-state index in [1.54, 1.807) is 29.1 Å². The lowest BCUT2D eigenvalue weighted by atomic mass is 10.2. The first-order chi connectivity index (χ1) is 15.0. The van der Waals surface area contributed by atoms with Crippen LogP contribution in [0.5, 0.6) is 0 Å². The third-order valence-corrected chi connectivity index (χ3v) is 7.12. The maximum absolute atomic E-state index is 13.2. The van der Waals surface area contributed by atoms with Gasteiger partial charge >= 0.3 is 0 Å². The van der Waals surface area contributed by atoms with Crippen LogP contribution in [-0.2, 0) is 0 Å². The zero-order valence-corrected chi connectivity index (χ0v) is 18.3. The van der Waals surface area contributed by atoms with Gasteiger partial charge in [-0.2, -0.15) is 0 Å². The number of pyridine rings is 2. The summed E-state index contributed by atoms with van der Waals surface area (Å²) in [7, 11) is 4.22. The molecule has 158 valence electrons. The van der Waals surface area contributed by atoms with Crippen LogP contribution in [0.1, 0.15) is 6.42 Å². The zero-order valence-electron chi connectivity index (χ0n) is 17.5. The molecule has 0 radical (unpaired) electrons. The van der Waals surface area contributed by atoms with Crippen molar-refractivity contribution in [3.63, 3.8) is 0 Å². The highest BCUT2D eigenvalue weighted by atomic mass is 32.1. The number of thiophene rings is 1. The highest BCUT2D eigenvalue weighted by Gasteiger charge is 2.24. The van der Waals surface area contributed by atoms with Crippen LogP contribution in [0.3, 0.4) is 0 Å². The molecule has 7 heteroatoms. The summed E-state index contributed by atoms with van der Waals surface area (Å²) in [6.45, 7) is 1.95. The van der Waals surface area contributed by atoms with E-state index in [1.165, 1.54) is 23.5 Å². The summed E-state index contributed by atoms with van der Waals surface area (Å²) in [5.41, 5.74) is 1.58. The van der Waals surface area contributed by atoms with Crippen LogP contribution in [-0.4, -0.2) is 47.7 Å². The van der Waals surface area contributed by atoms with Gasteiger partial charge in [0.2, 0.25) is 0 Å². The van der Waals surface area contributed by atoms with E-state index in [4.69, 9.17) is 0 Å². The molecule has 0 saturated carbocycles. The number of likely N-dealkylation sites (N-methyl/N-ethyl adjacent to an activating group) is 1.